The minimum absolute atomic E-state index is 1.11. The smallest absolute Gasteiger partial charge is 0.334 e. The van der Waals surface area contributed by atoms with Crippen molar-refractivity contribution in [2.24, 2.45) is 0 Å². The van der Waals surface area contributed by atoms with Crippen LogP contribution >= 0.6 is 0 Å². The Kier molecular flexibility index (Phi) is 14.1. The van der Waals surface area contributed by atoms with Crippen LogP contribution in [0, 0.1) is 0 Å². The number of nitrogens with zero attached hydrogens (tertiary/aromatic N) is 2. The Morgan fingerprint density at radius 3 is 1.48 bits per heavy atom. The SMILES string of the molecule is CCN(CC)[Si](CCCCCCCC[Si](C)(OC)OC)(c1ccccc1)N(CC)CC. The normalized spacial score (nSPS) is 12.8. The van der Waals surface area contributed by atoms with E-state index >= 15 is 0 Å². The highest BCUT2D eigenvalue weighted by atomic mass is 28.4. The van der Waals surface area contributed by atoms with E-state index in [0.717, 1.165) is 32.2 Å². The summed E-state index contributed by atoms with van der Waals surface area (Å²) in [5.74, 6) is 0. The third-order valence-electron chi connectivity index (χ3n) is 7.08. The van der Waals surface area contributed by atoms with Gasteiger partial charge in [0.15, 0.2) is 0 Å². The molecule has 0 atom stereocenters. The molecule has 0 saturated carbocycles. The van der Waals surface area contributed by atoms with E-state index in [9.17, 15) is 0 Å². The van der Waals surface area contributed by atoms with Crippen molar-refractivity contribution < 1.29 is 8.85 Å². The van der Waals surface area contributed by atoms with Gasteiger partial charge in [-0.2, -0.15) is 0 Å². The summed E-state index contributed by atoms with van der Waals surface area (Å²) in [4.78, 5) is 0. The Morgan fingerprint density at radius 2 is 1.06 bits per heavy atom. The van der Waals surface area contributed by atoms with Crippen LogP contribution in [0.5, 0.6) is 0 Å². The van der Waals surface area contributed by atoms with Crippen molar-refractivity contribution in [2.75, 3.05) is 40.4 Å². The molecule has 0 aliphatic heterocycles. The molecule has 0 amide bonds. The van der Waals surface area contributed by atoms with E-state index in [-0.39, 0.29) is 0 Å². The number of unbranched alkanes of at least 4 members (excludes halogenated alkanes) is 5. The number of rotatable bonds is 18. The van der Waals surface area contributed by atoms with Gasteiger partial charge < -0.3 is 18.0 Å². The third kappa shape index (κ3) is 8.09. The first kappa shape index (κ1) is 28.5. The molecule has 0 bridgehead atoms. The monoisotopic (exact) mass is 466 g/mol. The lowest BCUT2D eigenvalue weighted by Crippen LogP contribution is -2.72. The molecule has 0 heterocycles. The Balaban J connectivity index is 2.73. The van der Waals surface area contributed by atoms with E-state index in [1.807, 2.05) is 0 Å². The fraction of sp³-hybridized carbons (Fsp3) is 0.760. The molecule has 1 aromatic rings. The molecule has 0 aliphatic rings. The summed E-state index contributed by atoms with van der Waals surface area (Å²) in [6, 6.07) is 13.9. The first-order valence-corrected chi connectivity index (χ1v) is 17.3. The fourth-order valence-corrected chi connectivity index (χ4v) is 12.1. The molecule has 0 aromatic heterocycles. The van der Waals surface area contributed by atoms with Crippen LogP contribution in [-0.2, 0) is 8.85 Å². The molecule has 0 unspecified atom stereocenters. The van der Waals surface area contributed by atoms with Crippen LogP contribution in [0.1, 0.15) is 66.2 Å². The molecule has 1 aromatic carbocycles. The van der Waals surface area contributed by atoms with Gasteiger partial charge in [-0.05, 0) is 50.0 Å². The molecule has 0 N–H and O–H groups in total. The van der Waals surface area contributed by atoms with E-state index in [1.165, 1.54) is 44.6 Å². The van der Waals surface area contributed by atoms with Crippen LogP contribution in [0.2, 0.25) is 18.6 Å². The second kappa shape index (κ2) is 15.4. The quantitative estimate of drug-likeness (QED) is 0.204. The Morgan fingerprint density at radius 1 is 0.645 bits per heavy atom. The molecule has 0 fully saturated rings. The van der Waals surface area contributed by atoms with Crippen molar-refractivity contribution in [2.45, 2.75) is 84.9 Å². The van der Waals surface area contributed by atoms with Crippen LogP contribution < -0.4 is 5.19 Å². The van der Waals surface area contributed by atoms with Gasteiger partial charge in [-0.25, -0.2) is 0 Å². The Hall–Kier alpha value is -0.506. The van der Waals surface area contributed by atoms with Gasteiger partial charge >= 0.3 is 8.56 Å². The zero-order valence-electron chi connectivity index (χ0n) is 21.6. The lowest BCUT2D eigenvalue weighted by molar-refractivity contribution is 0.248. The summed E-state index contributed by atoms with van der Waals surface area (Å²) in [6.07, 6.45) is 7.86. The largest absolute Gasteiger partial charge is 0.398 e. The van der Waals surface area contributed by atoms with E-state index in [4.69, 9.17) is 8.85 Å². The van der Waals surface area contributed by atoms with Crippen LogP contribution in [0.4, 0.5) is 0 Å². The molecule has 0 saturated heterocycles. The van der Waals surface area contributed by atoms with Gasteiger partial charge in [0.05, 0.1) is 0 Å². The number of hydrogen-bond donors (Lipinski definition) is 0. The van der Waals surface area contributed by atoms with Crippen molar-refractivity contribution in [3.63, 3.8) is 0 Å². The lowest BCUT2D eigenvalue weighted by Gasteiger charge is -2.48. The maximum atomic E-state index is 5.61. The van der Waals surface area contributed by atoms with Crippen molar-refractivity contribution in [3.05, 3.63) is 30.3 Å². The standard InChI is InChI=1S/C25H50N2O2Si2/c1-8-26(9-2)31(27(10-3)11-4,25-21-17-16-18-22-25)24-20-15-13-12-14-19-23-30(7,28-5)29-6/h16-18,21-22H,8-15,19-20,23-24H2,1-7H3. The molecule has 0 radical (unpaired) electrons. The number of benzene rings is 1. The number of hydrogen-bond acceptors (Lipinski definition) is 4. The van der Waals surface area contributed by atoms with Crippen LogP contribution in [0.25, 0.3) is 0 Å². The average molecular weight is 467 g/mol. The first-order valence-electron chi connectivity index (χ1n) is 12.6. The summed E-state index contributed by atoms with van der Waals surface area (Å²) >= 11 is 0. The average Bonchev–Trinajstić information content (AvgIpc) is 2.82. The molecule has 180 valence electrons. The molecule has 6 heteroatoms. The Labute approximate surface area is 195 Å². The minimum atomic E-state index is -1.90. The summed E-state index contributed by atoms with van der Waals surface area (Å²) in [7, 11) is -0.192. The summed E-state index contributed by atoms with van der Waals surface area (Å²) < 4.78 is 16.9. The summed E-state index contributed by atoms with van der Waals surface area (Å²) in [5.41, 5.74) is 0. The second-order valence-electron chi connectivity index (χ2n) is 8.69. The first-order chi connectivity index (χ1) is 15.0. The van der Waals surface area contributed by atoms with Crippen LogP contribution in [0.3, 0.4) is 0 Å². The highest BCUT2D eigenvalue weighted by Gasteiger charge is 2.44. The van der Waals surface area contributed by atoms with E-state index in [2.05, 4.69) is 73.7 Å². The predicted molar refractivity (Wildman–Crippen MR) is 141 cm³/mol. The van der Waals surface area contributed by atoms with Crippen LogP contribution in [0.15, 0.2) is 30.3 Å². The van der Waals surface area contributed by atoms with Crippen molar-refractivity contribution >= 4 is 22.1 Å². The molecule has 0 aliphatic carbocycles. The third-order valence-corrected chi connectivity index (χ3v) is 15.7. The van der Waals surface area contributed by atoms with Gasteiger partial charge in [-0.1, -0.05) is 96.6 Å². The molecular formula is C25H50N2O2Si2. The topological polar surface area (TPSA) is 24.9 Å². The molecule has 0 spiro atoms. The zero-order chi connectivity index (χ0) is 23.2. The predicted octanol–water partition coefficient (Wildman–Crippen LogP) is 5.72. The van der Waals surface area contributed by atoms with Crippen molar-refractivity contribution in [1.82, 2.24) is 9.13 Å². The Bertz CT molecular complexity index is 550. The molecular weight excluding hydrogens is 416 g/mol. The highest BCUT2D eigenvalue weighted by Crippen LogP contribution is 2.25. The van der Waals surface area contributed by atoms with Gasteiger partial charge in [-0.3, -0.25) is 0 Å². The lowest BCUT2D eigenvalue weighted by atomic mass is 10.1. The van der Waals surface area contributed by atoms with E-state index < -0.39 is 17.0 Å². The maximum absolute atomic E-state index is 5.61. The molecule has 4 nitrogen and oxygen atoms in total. The van der Waals surface area contributed by atoms with Crippen molar-refractivity contribution in [1.29, 1.82) is 0 Å². The van der Waals surface area contributed by atoms with E-state index in [1.54, 1.807) is 19.4 Å². The highest BCUT2D eigenvalue weighted by molar-refractivity contribution is 6.87. The van der Waals surface area contributed by atoms with Gasteiger partial charge in [0.2, 0.25) is 8.40 Å². The zero-order valence-corrected chi connectivity index (χ0v) is 23.6. The van der Waals surface area contributed by atoms with E-state index in [0.29, 0.717) is 0 Å². The molecule has 1 rings (SSSR count). The second-order valence-corrected chi connectivity index (χ2v) is 16.3. The minimum Gasteiger partial charge on any atom is -0.398 e. The van der Waals surface area contributed by atoms with Gasteiger partial charge in [0.25, 0.3) is 0 Å². The maximum Gasteiger partial charge on any atom is 0.334 e. The molecule has 31 heavy (non-hydrogen) atoms. The fourth-order valence-electron chi connectivity index (χ4n) is 5.04. The van der Waals surface area contributed by atoms with Gasteiger partial charge in [0.1, 0.15) is 0 Å². The summed E-state index contributed by atoms with van der Waals surface area (Å²) in [6.45, 7) is 16.1. The summed E-state index contributed by atoms with van der Waals surface area (Å²) in [5, 5.41) is 1.59. The van der Waals surface area contributed by atoms with Gasteiger partial charge in [0, 0.05) is 14.2 Å². The van der Waals surface area contributed by atoms with Crippen LogP contribution in [-0.4, -0.2) is 66.5 Å². The van der Waals surface area contributed by atoms with Gasteiger partial charge in [-0.15, -0.1) is 0 Å². The van der Waals surface area contributed by atoms with Crippen molar-refractivity contribution in [3.8, 4) is 0 Å².